The summed E-state index contributed by atoms with van der Waals surface area (Å²) in [5.41, 5.74) is 1.30. The summed E-state index contributed by atoms with van der Waals surface area (Å²) in [6.07, 6.45) is 3.47. The van der Waals surface area contributed by atoms with Crippen LogP contribution in [0.3, 0.4) is 0 Å². The number of rotatable bonds is 4. The number of nitrogens with one attached hydrogen (secondary N) is 2. The number of carbonyl (C=O) groups excluding carboxylic acids is 1. The first-order chi connectivity index (χ1) is 9.10. The predicted molar refractivity (Wildman–Crippen MR) is 75.9 cm³/mol. The van der Waals surface area contributed by atoms with E-state index in [-0.39, 0.29) is 5.91 Å². The lowest BCUT2D eigenvalue weighted by Crippen LogP contribution is -2.24. The molecular formula is C12H14BrN5O. The first kappa shape index (κ1) is 13.5. The Morgan fingerprint density at radius 2 is 2.32 bits per heavy atom. The van der Waals surface area contributed by atoms with Crippen LogP contribution in [0.5, 0.6) is 0 Å². The van der Waals surface area contributed by atoms with E-state index in [9.17, 15) is 4.79 Å². The molecule has 6 nitrogen and oxygen atoms in total. The number of amides is 1. The zero-order valence-electron chi connectivity index (χ0n) is 10.6. The Bertz CT molecular complexity index is 596. The molecule has 1 amide bonds. The van der Waals surface area contributed by atoms with Gasteiger partial charge >= 0.3 is 0 Å². The summed E-state index contributed by atoms with van der Waals surface area (Å²) in [5.74, 6) is 0.352. The minimum absolute atomic E-state index is 0.191. The summed E-state index contributed by atoms with van der Waals surface area (Å²) in [4.78, 5) is 16.2. The predicted octanol–water partition coefficient (Wildman–Crippen LogP) is 1.55. The minimum Gasteiger partial charge on any atom is -0.372 e. The van der Waals surface area contributed by atoms with Crippen LogP contribution in [0.1, 0.15) is 16.1 Å². The smallest absolute Gasteiger partial charge is 0.255 e. The zero-order chi connectivity index (χ0) is 13.8. The maximum Gasteiger partial charge on any atom is 0.255 e. The summed E-state index contributed by atoms with van der Waals surface area (Å²) >= 11 is 3.31. The van der Waals surface area contributed by atoms with Crippen molar-refractivity contribution in [3.8, 4) is 0 Å². The van der Waals surface area contributed by atoms with Crippen LogP contribution in [0.25, 0.3) is 0 Å². The van der Waals surface area contributed by atoms with E-state index >= 15 is 0 Å². The number of anilines is 1. The molecule has 0 saturated carbocycles. The fourth-order valence-electron chi connectivity index (χ4n) is 1.64. The van der Waals surface area contributed by atoms with Gasteiger partial charge in [0.15, 0.2) is 0 Å². The topological polar surface area (TPSA) is 71.8 Å². The molecule has 2 rings (SSSR count). The first-order valence-corrected chi connectivity index (χ1v) is 6.49. The fourth-order valence-corrected chi connectivity index (χ4v) is 1.97. The third kappa shape index (κ3) is 3.31. The van der Waals surface area contributed by atoms with Gasteiger partial charge in [-0.05, 0) is 28.1 Å². The second kappa shape index (κ2) is 5.83. The molecule has 0 aliphatic carbocycles. The van der Waals surface area contributed by atoms with E-state index in [1.807, 2.05) is 19.3 Å². The van der Waals surface area contributed by atoms with Crippen molar-refractivity contribution < 1.29 is 4.79 Å². The lowest BCUT2D eigenvalue weighted by molar-refractivity contribution is 0.0951. The maximum absolute atomic E-state index is 12.1. The van der Waals surface area contributed by atoms with Crippen molar-refractivity contribution in [2.45, 2.75) is 6.54 Å². The molecule has 2 heterocycles. The number of halogens is 1. The van der Waals surface area contributed by atoms with Crippen LogP contribution >= 0.6 is 15.9 Å². The summed E-state index contributed by atoms with van der Waals surface area (Å²) in [6, 6.07) is 3.59. The molecular weight excluding hydrogens is 310 g/mol. The van der Waals surface area contributed by atoms with Crippen LogP contribution in [0.15, 0.2) is 29.0 Å². The Balaban J connectivity index is 2.09. The fraction of sp³-hybridized carbons (Fsp3) is 0.250. The van der Waals surface area contributed by atoms with Crippen molar-refractivity contribution in [3.05, 3.63) is 40.3 Å². The maximum atomic E-state index is 12.1. The van der Waals surface area contributed by atoms with E-state index in [0.717, 1.165) is 10.2 Å². The molecule has 0 aromatic carbocycles. The standard InChI is InChI=1S/C12H14BrN5O/c1-14-11-10(5-8(13)6-15-11)12(19)16-7-9-3-4-18(2)17-9/h3-6H,7H2,1-2H3,(H,14,15)(H,16,19). The Morgan fingerprint density at radius 1 is 1.53 bits per heavy atom. The second-order valence-corrected chi connectivity index (χ2v) is 4.88. The van der Waals surface area contributed by atoms with Gasteiger partial charge in [-0.1, -0.05) is 0 Å². The van der Waals surface area contributed by atoms with Gasteiger partial charge in [0, 0.05) is 31.0 Å². The Hall–Kier alpha value is -1.89. The highest BCUT2D eigenvalue weighted by atomic mass is 79.9. The molecule has 2 aromatic heterocycles. The molecule has 0 atom stereocenters. The minimum atomic E-state index is -0.191. The first-order valence-electron chi connectivity index (χ1n) is 5.70. The molecule has 0 unspecified atom stereocenters. The molecule has 2 N–H and O–H groups in total. The molecule has 0 radical (unpaired) electrons. The molecule has 0 saturated heterocycles. The lowest BCUT2D eigenvalue weighted by Gasteiger charge is -2.08. The zero-order valence-corrected chi connectivity index (χ0v) is 12.2. The van der Waals surface area contributed by atoms with Gasteiger partial charge in [0.25, 0.3) is 5.91 Å². The van der Waals surface area contributed by atoms with E-state index < -0.39 is 0 Å². The number of aromatic nitrogens is 3. The third-order valence-corrected chi connectivity index (χ3v) is 2.97. The van der Waals surface area contributed by atoms with Crippen molar-refractivity contribution in [1.29, 1.82) is 0 Å². The van der Waals surface area contributed by atoms with Crippen LogP contribution in [0.4, 0.5) is 5.82 Å². The van der Waals surface area contributed by atoms with Gasteiger partial charge in [-0.2, -0.15) is 5.10 Å². The molecule has 0 fully saturated rings. The van der Waals surface area contributed by atoms with Crippen LogP contribution in [-0.2, 0) is 13.6 Å². The van der Waals surface area contributed by atoms with E-state index in [1.165, 1.54) is 0 Å². The number of nitrogens with zero attached hydrogens (tertiary/aromatic N) is 3. The van der Waals surface area contributed by atoms with E-state index in [1.54, 1.807) is 24.0 Å². The highest BCUT2D eigenvalue weighted by molar-refractivity contribution is 9.10. The van der Waals surface area contributed by atoms with Crippen molar-refractivity contribution in [1.82, 2.24) is 20.1 Å². The molecule has 0 aliphatic rings. The van der Waals surface area contributed by atoms with Crippen LogP contribution < -0.4 is 10.6 Å². The highest BCUT2D eigenvalue weighted by Gasteiger charge is 2.12. The van der Waals surface area contributed by atoms with Crippen LogP contribution in [0, 0.1) is 0 Å². The Labute approximate surface area is 119 Å². The molecule has 100 valence electrons. The average molecular weight is 324 g/mol. The molecule has 0 spiro atoms. The van der Waals surface area contributed by atoms with E-state index in [4.69, 9.17) is 0 Å². The van der Waals surface area contributed by atoms with Gasteiger partial charge in [0.1, 0.15) is 5.82 Å². The molecule has 19 heavy (non-hydrogen) atoms. The number of pyridine rings is 1. The second-order valence-electron chi connectivity index (χ2n) is 3.96. The van der Waals surface area contributed by atoms with Crippen molar-refractivity contribution in [2.75, 3.05) is 12.4 Å². The Kier molecular flexibility index (Phi) is 4.16. The highest BCUT2D eigenvalue weighted by Crippen LogP contribution is 2.17. The van der Waals surface area contributed by atoms with E-state index in [2.05, 4.69) is 36.6 Å². The number of carbonyl (C=O) groups is 1. The van der Waals surface area contributed by atoms with Gasteiger partial charge in [-0.15, -0.1) is 0 Å². The van der Waals surface area contributed by atoms with Crippen LogP contribution in [-0.4, -0.2) is 27.7 Å². The van der Waals surface area contributed by atoms with Gasteiger partial charge in [-0.3, -0.25) is 9.48 Å². The quantitative estimate of drug-likeness (QED) is 0.895. The van der Waals surface area contributed by atoms with Crippen molar-refractivity contribution in [2.24, 2.45) is 7.05 Å². The molecule has 7 heteroatoms. The number of aryl methyl sites for hydroxylation is 1. The molecule has 2 aromatic rings. The van der Waals surface area contributed by atoms with Crippen molar-refractivity contribution in [3.63, 3.8) is 0 Å². The van der Waals surface area contributed by atoms with E-state index in [0.29, 0.717) is 17.9 Å². The monoisotopic (exact) mass is 323 g/mol. The van der Waals surface area contributed by atoms with Gasteiger partial charge < -0.3 is 10.6 Å². The number of hydrogen-bond donors (Lipinski definition) is 2. The SMILES string of the molecule is CNc1ncc(Br)cc1C(=O)NCc1ccn(C)n1. The summed E-state index contributed by atoms with van der Waals surface area (Å²) in [7, 11) is 3.56. The van der Waals surface area contributed by atoms with Crippen molar-refractivity contribution >= 4 is 27.7 Å². The number of hydrogen-bond acceptors (Lipinski definition) is 4. The third-order valence-electron chi connectivity index (χ3n) is 2.53. The Morgan fingerprint density at radius 3 is 2.95 bits per heavy atom. The average Bonchev–Trinajstić information content (AvgIpc) is 2.81. The summed E-state index contributed by atoms with van der Waals surface area (Å²) in [6.45, 7) is 0.384. The largest absolute Gasteiger partial charge is 0.372 e. The van der Waals surface area contributed by atoms with Gasteiger partial charge in [-0.25, -0.2) is 4.98 Å². The van der Waals surface area contributed by atoms with Crippen LogP contribution in [0.2, 0.25) is 0 Å². The molecule has 0 bridgehead atoms. The lowest BCUT2D eigenvalue weighted by atomic mass is 10.2. The summed E-state index contributed by atoms with van der Waals surface area (Å²) < 4.78 is 2.45. The molecule has 0 aliphatic heterocycles. The normalized spacial score (nSPS) is 10.3. The van der Waals surface area contributed by atoms with Gasteiger partial charge in [0.05, 0.1) is 17.8 Å². The van der Waals surface area contributed by atoms with Gasteiger partial charge in [0.2, 0.25) is 0 Å². The summed E-state index contributed by atoms with van der Waals surface area (Å²) in [5, 5.41) is 9.91.